The molecule has 1 aliphatic carbocycles. The number of hydrogen-bond acceptors (Lipinski definition) is 4. The molecule has 0 radical (unpaired) electrons. The Morgan fingerprint density at radius 2 is 1.96 bits per heavy atom. The second kappa shape index (κ2) is 8.48. The molecular formula is C18H25NO3S. The van der Waals surface area contributed by atoms with Crippen molar-refractivity contribution < 1.29 is 14.3 Å². The van der Waals surface area contributed by atoms with Crippen molar-refractivity contribution >= 4 is 17.7 Å². The summed E-state index contributed by atoms with van der Waals surface area (Å²) >= 11 is 2.01. The van der Waals surface area contributed by atoms with Gasteiger partial charge in [-0.15, -0.1) is 0 Å². The molecule has 0 aromatic heterocycles. The molecule has 0 bridgehead atoms. The smallest absolute Gasteiger partial charge is 0.220 e. The van der Waals surface area contributed by atoms with Crippen LogP contribution in [0.1, 0.15) is 37.7 Å². The fourth-order valence-electron chi connectivity index (χ4n) is 3.06. The van der Waals surface area contributed by atoms with Crippen molar-refractivity contribution in [2.45, 2.75) is 43.8 Å². The average molecular weight is 335 g/mol. The summed E-state index contributed by atoms with van der Waals surface area (Å²) in [4.78, 5) is 11.9. The molecule has 5 heteroatoms. The minimum absolute atomic E-state index is 0.131. The lowest BCUT2D eigenvalue weighted by Gasteiger charge is -2.18. The van der Waals surface area contributed by atoms with Crippen LogP contribution in [0.15, 0.2) is 18.2 Å². The molecule has 0 saturated heterocycles. The first-order valence-electron chi connectivity index (χ1n) is 8.58. The van der Waals surface area contributed by atoms with Gasteiger partial charge >= 0.3 is 0 Å². The van der Waals surface area contributed by atoms with Crippen LogP contribution in [0, 0.1) is 0 Å². The Labute approximate surface area is 142 Å². The summed E-state index contributed by atoms with van der Waals surface area (Å²) in [6.07, 6.45) is 6.70. The molecule has 126 valence electrons. The predicted octanol–water partition coefficient (Wildman–Crippen LogP) is 3.18. The quantitative estimate of drug-likeness (QED) is 0.778. The van der Waals surface area contributed by atoms with Crippen LogP contribution in [0.3, 0.4) is 0 Å². The molecule has 1 aromatic carbocycles. The zero-order valence-corrected chi connectivity index (χ0v) is 14.3. The van der Waals surface area contributed by atoms with Gasteiger partial charge in [0.05, 0.1) is 0 Å². The fourth-order valence-corrected chi connectivity index (χ4v) is 4.28. The van der Waals surface area contributed by atoms with Crippen LogP contribution in [0.4, 0.5) is 0 Å². The van der Waals surface area contributed by atoms with Crippen molar-refractivity contribution in [2.75, 3.05) is 25.5 Å². The molecule has 23 heavy (non-hydrogen) atoms. The third kappa shape index (κ3) is 5.06. The van der Waals surface area contributed by atoms with Crippen LogP contribution in [0.5, 0.6) is 11.5 Å². The molecule has 0 spiro atoms. The summed E-state index contributed by atoms with van der Waals surface area (Å²) in [6.45, 7) is 1.98. The van der Waals surface area contributed by atoms with Crippen molar-refractivity contribution in [3.8, 4) is 11.5 Å². The van der Waals surface area contributed by atoms with Gasteiger partial charge in [-0.3, -0.25) is 4.79 Å². The van der Waals surface area contributed by atoms with Gasteiger partial charge in [0.1, 0.15) is 13.2 Å². The highest BCUT2D eigenvalue weighted by Gasteiger charge is 2.15. The molecule has 1 heterocycles. The molecular weight excluding hydrogens is 310 g/mol. The van der Waals surface area contributed by atoms with Crippen molar-refractivity contribution in [3.63, 3.8) is 0 Å². The minimum atomic E-state index is 0.131. The van der Waals surface area contributed by atoms with Crippen LogP contribution < -0.4 is 14.8 Å². The maximum absolute atomic E-state index is 11.9. The minimum Gasteiger partial charge on any atom is -0.486 e. The summed E-state index contributed by atoms with van der Waals surface area (Å²) in [6, 6.07) is 5.93. The van der Waals surface area contributed by atoms with E-state index in [2.05, 4.69) is 5.32 Å². The van der Waals surface area contributed by atoms with E-state index in [1.54, 1.807) is 0 Å². The van der Waals surface area contributed by atoms with Crippen LogP contribution in [0.2, 0.25) is 0 Å². The molecule has 3 rings (SSSR count). The standard InChI is InChI=1S/C18H25NO3S/c20-18(19-9-12-23-15-3-1-2-4-15)8-6-14-5-7-16-17(13-14)22-11-10-21-16/h5,7,13,15H,1-4,6,8-12H2,(H,19,20). The van der Waals surface area contributed by atoms with Gasteiger partial charge in [0.15, 0.2) is 11.5 Å². The van der Waals surface area contributed by atoms with Gasteiger partial charge in [-0.25, -0.2) is 0 Å². The van der Waals surface area contributed by atoms with E-state index in [1.165, 1.54) is 25.7 Å². The van der Waals surface area contributed by atoms with E-state index in [0.717, 1.165) is 41.0 Å². The summed E-state index contributed by atoms with van der Waals surface area (Å²) in [5, 5.41) is 3.85. The normalized spacial score (nSPS) is 17.2. The molecule has 0 atom stereocenters. The predicted molar refractivity (Wildman–Crippen MR) is 93.5 cm³/mol. The Bertz CT molecular complexity index is 529. The molecule has 4 nitrogen and oxygen atoms in total. The molecule has 1 saturated carbocycles. The van der Waals surface area contributed by atoms with E-state index >= 15 is 0 Å². The van der Waals surface area contributed by atoms with Gasteiger partial charge in [0.25, 0.3) is 0 Å². The first-order valence-corrected chi connectivity index (χ1v) is 9.63. The lowest BCUT2D eigenvalue weighted by Crippen LogP contribution is -2.26. The lowest BCUT2D eigenvalue weighted by molar-refractivity contribution is -0.120. The highest BCUT2D eigenvalue weighted by molar-refractivity contribution is 7.99. The molecule has 1 N–H and O–H groups in total. The highest BCUT2D eigenvalue weighted by atomic mass is 32.2. The Kier molecular flexibility index (Phi) is 6.08. The lowest BCUT2D eigenvalue weighted by atomic mass is 10.1. The van der Waals surface area contributed by atoms with Gasteiger partial charge in [0, 0.05) is 24.0 Å². The number of carbonyl (C=O) groups excluding carboxylic acids is 1. The van der Waals surface area contributed by atoms with Crippen molar-refractivity contribution in [1.82, 2.24) is 5.32 Å². The first kappa shape index (κ1) is 16.5. The van der Waals surface area contributed by atoms with E-state index < -0.39 is 0 Å². The van der Waals surface area contributed by atoms with Gasteiger partial charge in [0.2, 0.25) is 5.91 Å². The molecule has 1 fully saturated rings. The number of amides is 1. The Hall–Kier alpha value is -1.36. The van der Waals surface area contributed by atoms with Crippen molar-refractivity contribution in [1.29, 1.82) is 0 Å². The van der Waals surface area contributed by atoms with E-state index in [4.69, 9.17) is 9.47 Å². The number of benzene rings is 1. The van der Waals surface area contributed by atoms with Gasteiger partial charge in [-0.1, -0.05) is 18.9 Å². The van der Waals surface area contributed by atoms with Crippen molar-refractivity contribution in [3.05, 3.63) is 23.8 Å². The van der Waals surface area contributed by atoms with Crippen LogP contribution in [-0.4, -0.2) is 36.7 Å². The summed E-state index contributed by atoms with van der Waals surface area (Å²) in [7, 11) is 0. The topological polar surface area (TPSA) is 47.6 Å². The average Bonchev–Trinajstić information content (AvgIpc) is 3.10. The number of aryl methyl sites for hydroxylation is 1. The van der Waals surface area contributed by atoms with Gasteiger partial charge < -0.3 is 14.8 Å². The van der Waals surface area contributed by atoms with E-state index in [-0.39, 0.29) is 5.91 Å². The van der Waals surface area contributed by atoms with E-state index in [1.807, 2.05) is 30.0 Å². The summed E-state index contributed by atoms with van der Waals surface area (Å²) in [5.41, 5.74) is 1.12. The van der Waals surface area contributed by atoms with E-state index in [9.17, 15) is 4.79 Å². The molecule has 2 aliphatic rings. The number of thioether (sulfide) groups is 1. The van der Waals surface area contributed by atoms with Gasteiger partial charge in [-0.2, -0.15) is 11.8 Å². The third-order valence-corrected chi connectivity index (χ3v) is 5.71. The van der Waals surface area contributed by atoms with Crippen molar-refractivity contribution in [2.24, 2.45) is 0 Å². The highest BCUT2D eigenvalue weighted by Crippen LogP contribution is 2.31. The number of rotatable bonds is 7. The van der Waals surface area contributed by atoms with E-state index in [0.29, 0.717) is 19.6 Å². The van der Waals surface area contributed by atoms with Gasteiger partial charge in [-0.05, 0) is 37.0 Å². The first-order chi connectivity index (χ1) is 11.3. The number of nitrogens with one attached hydrogen (secondary N) is 1. The van der Waals surface area contributed by atoms with Crippen LogP contribution >= 0.6 is 11.8 Å². The third-order valence-electron chi connectivity index (χ3n) is 4.33. The Morgan fingerprint density at radius 3 is 2.78 bits per heavy atom. The second-order valence-electron chi connectivity index (χ2n) is 6.11. The second-order valence-corrected chi connectivity index (χ2v) is 7.51. The zero-order chi connectivity index (χ0) is 15.9. The SMILES string of the molecule is O=C(CCc1ccc2c(c1)OCCO2)NCCSC1CCCC1. The number of hydrogen-bond donors (Lipinski definition) is 1. The molecule has 0 unspecified atom stereocenters. The van der Waals surface area contributed by atoms with Crippen LogP contribution in [-0.2, 0) is 11.2 Å². The number of ether oxygens (including phenoxy) is 2. The zero-order valence-electron chi connectivity index (χ0n) is 13.5. The maximum atomic E-state index is 11.9. The fraction of sp³-hybridized carbons (Fsp3) is 0.611. The maximum Gasteiger partial charge on any atom is 0.220 e. The molecule has 1 aliphatic heterocycles. The Balaban J connectivity index is 1.33. The summed E-state index contributed by atoms with van der Waals surface area (Å²) in [5.74, 6) is 2.75. The monoisotopic (exact) mass is 335 g/mol. The number of carbonyl (C=O) groups is 1. The summed E-state index contributed by atoms with van der Waals surface area (Å²) < 4.78 is 11.1. The largest absolute Gasteiger partial charge is 0.486 e. The van der Waals surface area contributed by atoms with Crippen LogP contribution in [0.25, 0.3) is 0 Å². The molecule has 1 aromatic rings. The number of fused-ring (bicyclic) bond motifs is 1. The Morgan fingerprint density at radius 1 is 1.17 bits per heavy atom. The molecule has 1 amide bonds.